The van der Waals surface area contributed by atoms with Crippen LogP contribution in [-0.4, -0.2) is 28.4 Å². The van der Waals surface area contributed by atoms with Crippen LogP contribution in [0.3, 0.4) is 0 Å². The zero-order chi connectivity index (χ0) is 9.76. The summed E-state index contributed by atoms with van der Waals surface area (Å²) in [6.07, 6.45) is 4.42. The van der Waals surface area contributed by atoms with E-state index in [1.165, 1.54) is 0 Å². The number of fused-ring (bicyclic) bond motifs is 1. The van der Waals surface area contributed by atoms with Gasteiger partial charge in [-0.2, -0.15) is 0 Å². The zero-order valence-electron chi connectivity index (χ0n) is 8.16. The van der Waals surface area contributed by atoms with Crippen LogP contribution in [0.1, 0.15) is 16.9 Å². The summed E-state index contributed by atoms with van der Waals surface area (Å²) >= 11 is 0. The summed E-state index contributed by atoms with van der Waals surface area (Å²) in [5, 5.41) is 3.27. The third kappa shape index (κ3) is 0.865. The van der Waals surface area contributed by atoms with Gasteiger partial charge in [0.15, 0.2) is 5.78 Å². The fourth-order valence-corrected chi connectivity index (χ4v) is 2.52. The molecule has 14 heavy (non-hydrogen) atoms. The first-order chi connectivity index (χ1) is 6.74. The smallest absolute Gasteiger partial charge is 0.188 e. The Balaban J connectivity index is 1.94. The minimum atomic E-state index is -0.0756. The largest absolute Gasteiger partial charge is 0.331 e. The molecule has 1 aliphatic heterocycles. The molecule has 2 heterocycles. The van der Waals surface area contributed by atoms with Crippen molar-refractivity contribution in [2.45, 2.75) is 6.42 Å². The minimum absolute atomic E-state index is 0.0756. The first kappa shape index (κ1) is 8.17. The van der Waals surface area contributed by atoms with Crippen LogP contribution in [0, 0.1) is 11.3 Å². The Hall–Kier alpha value is -1.16. The molecule has 4 nitrogen and oxygen atoms in total. The van der Waals surface area contributed by atoms with Gasteiger partial charge in [0.2, 0.25) is 0 Å². The van der Waals surface area contributed by atoms with Crippen molar-refractivity contribution in [3.05, 3.63) is 18.2 Å². The summed E-state index contributed by atoms with van der Waals surface area (Å²) in [6.45, 7) is 1.85. The summed E-state index contributed by atoms with van der Waals surface area (Å²) in [7, 11) is 1.87. The molecule has 1 saturated carbocycles. The van der Waals surface area contributed by atoms with Crippen molar-refractivity contribution in [3.63, 3.8) is 0 Å². The molecule has 2 aliphatic rings. The van der Waals surface area contributed by atoms with E-state index in [9.17, 15) is 4.79 Å². The number of nitrogens with zero attached hydrogens (tertiary/aromatic N) is 2. The first-order valence-corrected chi connectivity index (χ1v) is 4.96. The lowest BCUT2D eigenvalue weighted by molar-refractivity contribution is 0.0894. The van der Waals surface area contributed by atoms with Gasteiger partial charge in [-0.05, 0) is 18.9 Å². The van der Waals surface area contributed by atoms with Gasteiger partial charge in [-0.15, -0.1) is 0 Å². The Morgan fingerprint density at radius 1 is 1.79 bits per heavy atom. The average molecular weight is 191 g/mol. The second kappa shape index (κ2) is 2.45. The Morgan fingerprint density at radius 3 is 3.14 bits per heavy atom. The lowest BCUT2D eigenvalue weighted by atomic mass is 9.98. The van der Waals surface area contributed by atoms with Crippen LogP contribution in [0.2, 0.25) is 0 Å². The van der Waals surface area contributed by atoms with Gasteiger partial charge in [-0.25, -0.2) is 4.98 Å². The highest BCUT2D eigenvalue weighted by Gasteiger charge is 2.62. The lowest BCUT2D eigenvalue weighted by Gasteiger charge is -2.09. The number of imidazole rings is 1. The molecule has 0 amide bonds. The Labute approximate surface area is 82.3 Å². The summed E-state index contributed by atoms with van der Waals surface area (Å²) in [5.74, 6) is 0.845. The molecule has 4 heteroatoms. The fraction of sp³-hybridized carbons (Fsp3) is 0.600. The number of aromatic nitrogens is 2. The SMILES string of the molecule is Cn1cncc1C(=O)C12CNCC1C2. The molecule has 1 aliphatic carbocycles. The zero-order valence-corrected chi connectivity index (χ0v) is 8.16. The van der Waals surface area contributed by atoms with Crippen LogP contribution >= 0.6 is 0 Å². The molecule has 1 aromatic heterocycles. The van der Waals surface area contributed by atoms with Crippen molar-refractivity contribution >= 4 is 5.78 Å². The van der Waals surface area contributed by atoms with Gasteiger partial charge < -0.3 is 9.88 Å². The van der Waals surface area contributed by atoms with Gasteiger partial charge >= 0.3 is 0 Å². The van der Waals surface area contributed by atoms with E-state index in [1.54, 1.807) is 12.5 Å². The molecular weight excluding hydrogens is 178 g/mol. The van der Waals surface area contributed by atoms with E-state index < -0.39 is 0 Å². The molecule has 0 spiro atoms. The minimum Gasteiger partial charge on any atom is -0.331 e. The maximum Gasteiger partial charge on any atom is 0.188 e. The second-order valence-electron chi connectivity index (χ2n) is 4.41. The van der Waals surface area contributed by atoms with E-state index >= 15 is 0 Å². The van der Waals surface area contributed by atoms with Gasteiger partial charge in [0.05, 0.1) is 17.9 Å². The van der Waals surface area contributed by atoms with Crippen LogP contribution in [-0.2, 0) is 7.05 Å². The number of carbonyl (C=O) groups is 1. The van der Waals surface area contributed by atoms with Crippen LogP contribution in [0.4, 0.5) is 0 Å². The topological polar surface area (TPSA) is 46.9 Å². The first-order valence-electron chi connectivity index (χ1n) is 4.96. The molecule has 1 N–H and O–H groups in total. The quantitative estimate of drug-likeness (QED) is 0.680. The van der Waals surface area contributed by atoms with E-state index in [-0.39, 0.29) is 11.2 Å². The maximum atomic E-state index is 12.2. The van der Waals surface area contributed by atoms with E-state index in [0.29, 0.717) is 5.92 Å². The number of aryl methyl sites for hydroxylation is 1. The van der Waals surface area contributed by atoms with Crippen LogP contribution < -0.4 is 5.32 Å². The van der Waals surface area contributed by atoms with Crippen molar-refractivity contribution in [1.82, 2.24) is 14.9 Å². The molecule has 2 atom stereocenters. The molecule has 2 unspecified atom stereocenters. The lowest BCUT2D eigenvalue weighted by Crippen LogP contribution is -2.25. The third-order valence-electron chi connectivity index (χ3n) is 3.56. The molecule has 1 saturated heterocycles. The van der Waals surface area contributed by atoms with Crippen LogP contribution in [0.25, 0.3) is 0 Å². The highest BCUT2D eigenvalue weighted by molar-refractivity contribution is 6.01. The number of hydrogen-bond acceptors (Lipinski definition) is 3. The molecule has 3 rings (SSSR count). The number of Topliss-reactive ketones (excluding diaryl/α,β-unsaturated/α-hetero) is 1. The molecular formula is C10H13N3O. The number of carbonyl (C=O) groups excluding carboxylic acids is 1. The van der Waals surface area contributed by atoms with E-state index in [4.69, 9.17) is 0 Å². The molecule has 74 valence electrons. The van der Waals surface area contributed by atoms with Gasteiger partial charge in [-0.3, -0.25) is 4.79 Å². The maximum absolute atomic E-state index is 12.2. The van der Waals surface area contributed by atoms with E-state index in [0.717, 1.165) is 25.2 Å². The Morgan fingerprint density at radius 2 is 2.64 bits per heavy atom. The van der Waals surface area contributed by atoms with Crippen LogP contribution in [0.5, 0.6) is 0 Å². The number of piperidine rings is 1. The highest BCUT2D eigenvalue weighted by atomic mass is 16.1. The van der Waals surface area contributed by atoms with Crippen LogP contribution in [0.15, 0.2) is 12.5 Å². The highest BCUT2D eigenvalue weighted by Crippen LogP contribution is 2.56. The average Bonchev–Trinajstić information content (AvgIpc) is 2.59. The van der Waals surface area contributed by atoms with Gasteiger partial charge in [0.25, 0.3) is 0 Å². The Kier molecular flexibility index (Phi) is 1.43. The summed E-state index contributed by atoms with van der Waals surface area (Å²) < 4.78 is 1.81. The summed E-state index contributed by atoms with van der Waals surface area (Å²) in [6, 6.07) is 0. The predicted molar refractivity (Wildman–Crippen MR) is 50.9 cm³/mol. The van der Waals surface area contributed by atoms with E-state index in [2.05, 4.69) is 10.3 Å². The normalized spacial score (nSPS) is 34.2. The Bertz CT molecular complexity index is 398. The number of hydrogen-bond donors (Lipinski definition) is 1. The molecule has 0 bridgehead atoms. The predicted octanol–water partition coefficient (Wildman–Crippen LogP) is 0.212. The monoisotopic (exact) mass is 191 g/mol. The van der Waals surface area contributed by atoms with Crippen molar-refractivity contribution < 1.29 is 4.79 Å². The van der Waals surface area contributed by atoms with Gasteiger partial charge in [0, 0.05) is 13.6 Å². The number of rotatable bonds is 2. The van der Waals surface area contributed by atoms with Crippen molar-refractivity contribution in [2.75, 3.05) is 13.1 Å². The van der Waals surface area contributed by atoms with Gasteiger partial charge in [-0.1, -0.05) is 0 Å². The summed E-state index contributed by atoms with van der Waals surface area (Å²) in [4.78, 5) is 16.2. The number of ketones is 1. The van der Waals surface area contributed by atoms with Crippen molar-refractivity contribution in [2.24, 2.45) is 18.4 Å². The number of nitrogens with one attached hydrogen (secondary N) is 1. The van der Waals surface area contributed by atoms with Crippen molar-refractivity contribution in [1.29, 1.82) is 0 Å². The fourth-order valence-electron chi connectivity index (χ4n) is 2.52. The third-order valence-corrected chi connectivity index (χ3v) is 3.56. The van der Waals surface area contributed by atoms with Gasteiger partial charge in [0.1, 0.15) is 5.69 Å². The molecule has 0 aromatic carbocycles. The van der Waals surface area contributed by atoms with Crippen molar-refractivity contribution in [3.8, 4) is 0 Å². The standard InChI is InChI=1S/C10H13N3O/c1-13-6-12-4-8(13)9(14)10-2-7(10)3-11-5-10/h4,6-7,11H,2-3,5H2,1H3. The molecule has 1 aromatic rings. The second-order valence-corrected chi connectivity index (χ2v) is 4.41. The molecule has 0 radical (unpaired) electrons. The molecule has 2 fully saturated rings. The van der Waals surface area contributed by atoms with E-state index in [1.807, 2.05) is 11.6 Å². The summed E-state index contributed by atoms with van der Waals surface area (Å²) in [5.41, 5.74) is 0.671.